The molecular weight excluding hydrogens is 637 g/mol. The van der Waals surface area contributed by atoms with E-state index in [1.54, 1.807) is 0 Å². The summed E-state index contributed by atoms with van der Waals surface area (Å²) in [5.41, 5.74) is 14.2. The highest BCUT2D eigenvalue weighted by molar-refractivity contribution is 5.94. The van der Waals surface area contributed by atoms with Crippen LogP contribution < -0.4 is 24.3 Å². The van der Waals surface area contributed by atoms with Gasteiger partial charge in [-0.2, -0.15) is 0 Å². The Morgan fingerprint density at radius 1 is 0.462 bits per heavy atom. The lowest BCUT2D eigenvalue weighted by Crippen LogP contribution is -2.59. The quantitative estimate of drug-likeness (QED) is 0.159. The molecule has 6 aromatic rings. The fraction of sp³-hybridized carbons (Fsp3) is 0.234. The van der Waals surface area contributed by atoms with Crippen LogP contribution in [-0.4, -0.2) is 13.3 Å². The molecule has 5 nitrogen and oxygen atoms in total. The van der Waals surface area contributed by atoms with Crippen LogP contribution in [0.25, 0.3) is 11.1 Å². The third-order valence-corrected chi connectivity index (χ3v) is 11.6. The van der Waals surface area contributed by atoms with Gasteiger partial charge in [-0.25, -0.2) is 0 Å². The molecule has 8 bridgehead atoms. The van der Waals surface area contributed by atoms with Crippen LogP contribution in [0.15, 0.2) is 133 Å². The minimum Gasteiger partial charge on any atom is -0.457 e. The van der Waals surface area contributed by atoms with Gasteiger partial charge in [0.25, 0.3) is 0 Å². The first kappa shape index (κ1) is 31.1. The van der Waals surface area contributed by atoms with E-state index in [1.807, 2.05) is 0 Å². The SMILES string of the molecule is CC(C)(C)c1ccc2c(c1)N1CN2C2(c3ccccc3-c3ccccc32)N2CN(c3cccc(c3)Oc3cccc1c3)c1cc(C(C)(C)C)ccc12. The molecule has 5 heteroatoms. The lowest BCUT2D eigenvalue weighted by atomic mass is 9.86. The van der Waals surface area contributed by atoms with Crippen LogP contribution in [-0.2, 0) is 16.5 Å². The summed E-state index contributed by atoms with van der Waals surface area (Å²) in [4.78, 5) is 10.3. The number of anilines is 6. The predicted octanol–water partition coefficient (Wildman–Crippen LogP) is 11.8. The molecule has 10 rings (SSSR count). The maximum absolute atomic E-state index is 6.65. The van der Waals surface area contributed by atoms with Gasteiger partial charge in [0, 0.05) is 34.6 Å². The van der Waals surface area contributed by atoms with Gasteiger partial charge in [-0.1, -0.05) is 114 Å². The number of fused-ring (bicyclic) bond motifs is 23. The first-order valence-corrected chi connectivity index (χ1v) is 18.5. The first-order chi connectivity index (χ1) is 25.0. The van der Waals surface area contributed by atoms with Gasteiger partial charge in [0.05, 0.1) is 36.1 Å². The van der Waals surface area contributed by atoms with E-state index in [4.69, 9.17) is 4.74 Å². The highest BCUT2D eigenvalue weighted by atomic mass is 16.5. The Labute approximate surface area is 307 Å². The van der Waals surface area contributed by atoms with Crippen LogP contribution in [0.5, 0.6) is 11.5 Å². The van der Waals surface area contributed by atoms with Crippen molar-refractivity contribution in [1.29, 1.82) is 0 Å². The molecular formula is C47H44N4O. The van der Waals surface area contributed by atoms with Gasteiger partial charge in [0.2, 0.25) is 0 Å². The fourth-order valence-electron chi connectivity index (χ4n) is 8.93. The molecule has 0 amide bonds. The van der Waals surface area contributed by atoms with Crippen molar-refractivity contribution >= 4 is 34.1 Å². The van der Waals surface area contributed by atoms with Crippen molar-refractivity contribution in [3.05, 3.63) is 156 Å². The number of hydrogen-bond acceptors (Lipinski definition) is 5. The van der Waals surface area contributed by atoms with E-state index < -0.39 is 5.66 Å². The van der Waals surface area contributed by atoms with Crippen molar-refractivity contribution < 1.29 is 4.74 Å². The molecule has 0 aromatic heterocycles. The van der Waals surface area contributed by atoms with Crippen molar-refractivity contribution in [3.8, 4) is 22.6 Å². The maximum Gasteiger partial charge on any atom is 0.170 e. The summed E-state index contributed by atoms with van der Waals surface area (Å²) >= 11 is 0. The number of benzene rings is 6. The molecule has 0 radical (unpaired) electrons. The van der Waals surface area contributed by atoms with E-state index in [0.29, 0.717) is 13.3 Å². The van der Waals surface area contributed by atoms with Crippen molar-refractivity contribution in [2.75, 3.05) is 32.9 Å². The fourth-order valence-corrected chi connectivity index (χ4v) is 8.93. The van der Waals surface area contributed by atoms with Crippen LogP contribution in [0.3, 0.4) is 0 Å². The summed E-state index contributed by atoms with van der Waals surface area (Å²) < 4.78 is 6.65. The second kappa shape index (κ2) is 10.7. The van der Waals surface area contributed by atoms with E-state index in [2.05, 4.69) is 195 Å². The molecule has 3 heterocycles. The Hall–Kier alpha value is -5.68. The molecule has 6 aromatic carbocycles. The highest BCUT2D eigenvalue weighted by Crippen LogP contribution is 2.61. The van der Waals surface area contributed by atoms with E-state index >= 15 is 0 Å². The van der Waals surface area contributed by atoms with Crippen LogP contribution in [0, 0.1) is 0 Å². The van der Waals surface area contributed by atoms with Crippen molar-refractivity contribution in [3.63, 3.8) is 0 Å². The number of hydrogen-bond donors (Lipinski definition) is 0. The Bertz CT molecular complexity index is 2250. The second-order valence-electron chi connectivity index (χ2n) is 16.8. The van der Waals surface area contributed by atoms with Gasteiger partial charge < -0.3 is 24.3 Å². The number of ether oxygens (including phenoxy) is 1. The summed E-state index contributed by atoms with van der Waals surface area (Å²) in [6, 6.07) is 49.6. The van der Waals surface area contributed by atoms with Gasteiger partial charge in [-0.3, -0.25) is 0 Å². The minimum atomic E-state index is -0.664. The molecule has 0 N–H and O–H groups in total. The third-order valence-electron chi connectivity index (χ3n) is 11.6. The summed E-state index contributed by atoms with van der Waals surface area (Å²) in [7, 11) is 0. The molecule has 0 unspecified atom stereocenters. The largest absolute Gasteiger partial charge is 0.457 e. The predicted molar refractivity (Wildman–Crippen MR) is 215 cm³/mol. The van der Waals surface area contributed by atoms with Crippen LogP contribution >= 0.6 is 0 Å². The third kappa shape index (κ3) is 4.35. The van der Waals surface area contributed by atoms with E-state index in [9.17, 15) is 0 Å². The minimum absolute atomic E-state index is 0.00868. The van der Waals surface area contributed by atoms with E-state index in [1.165, 1.54) is 56.1 Å². The molecule has 0 saturated heterocycles. The van der Waals surface area contributed by atoms with Gasteiger partial charge in [-0.15, -0.1) is 0 Å². The first-order valence-electron chi connectivity index (χ1n) is 18.5. The Kier molecular flexibility index (Phi) is 6.38. The topological polar surface area (TPSA) is 22.2 Å². The van der Waals surface area contributed by atoms with Gasteiger partial charge >= 0.3 is 0 Å². The molecule has 258 valence electrons. The Morgan fingerprint density at radius 3 is 1.35 bits per heavy atom. The van der Waals surface area contributed by atoms with Gasteiger partial charge in [0.15, 0.2) is 5.66 Å². The molecule has 0 saturated carbocycles. The second-order valence-corrected chi connectivity index (χ2v) is 16.8. The summed E-state index contributed by atoms with van der Waals surface area (Å²) in [6.45, 7) is 15.1. The van der Waals surface area contributed by atoms with Crippen LogP contribution in [0.4, 0.5) is 34.1 Å². The lowest BCUT2D eigenvalue weighted by molar-refractivity contribution is 0.470. The van der Waals surface area contributed by atoms with Crippen molar-refractivity contribution in [2.24, 2.45) is 0 Å². The van der Waals surface area contributed by atoms with Crippen LogP contribution in [0.1, 0.15) is 63.8 Å². The summed E-state index contributed by atoms with van der Waals surface area (Å²) in [5, 5.41) is 0. The zero-order valence-corrected chi connectivity index (χ0v) is 30.8. The normalized spacial score (nSPS) is 16.3. The van der Waals surface area contributed by atoms with Crippen molar-refractivity contribution in [1.82, 2.24) is 0 Å². The molecule has 1 spiro atoms. The molecule has 0 atom stereocenters. The Balaban J connectivity index is 1.33. The molecule has 3 aliphatic heterocycles. The van der Waals surface area contributed by atoms with Crippen molar-refractivity contribution in [2.45, 2.75) is 58.0 Å². The monoisotopic (exact) mass is 680 g/mol. The maximum atomic E-state index is 6.65. The number of nitrogens with zero attached hydrogens (tertiary/aromatic N) is 4. The van der Waals surface area contributed by atoms with Gasteiger partial charge in [-0.05, 0) is 81.6 Å². The molecule has 4 aliphatic rings. The van der Waals surface area contributed by atoms with E-state index in [-0.39, 0.29) is 10.8 Å². The van der Waals surface area contributed by atoms with Crippen LogP contribution in [0.2, 0.25) is 0 Å². The average Bonchev–Trinajstić information content (AvgIpc) is 3.79. The molecule has 1 aliphatic carbocycles. The standard InChI is InChI=1S/C47H44N4O/c1-45(2,3)31-21-23-41-43(25-31)48-29-50(41)47(39-19-9-7-17-37(39)38-18-8-10-20-40(38)47)51-30-49(44-26-32(46(4,5)6)22-24-42(44)51)34-14-12-16-36(28-34)52-35-15-11-13-33(48)27-35/h7-28H,29-30H2,1-6H3. The van der Waals surface area contributed by atoms with E-state index in [0.717, 1.165) is 22.9 Å². The number of rotatable bonds is 0. The summed E-state index contributed by atoms with van der Waals surface area (Å²) in [6.07, 6.45) is 0. The average molecular weight is 681 g/mol. The zero-order valence-electron chi connectivity index (χ0n) is 30.8. The lowest BCUT2D eigenvalue weighted by Gasteiger charge is -2.49. The molecule has 52 heavy (non-hydrogen) atoms. The highest BCUT2D eigenvalue weighted by Gasteiger charge is 2.57. The van der Waals surface area contributed by atoms with Gasteiger partial charge in [0.1, 0.15) is 11.5 Å². The molecule has 0 fully saturated rings. The zero-order chi connectivity index (χ0) is 35.6. The smallest absolute Gasteiger partial charge is 0.170 e. The summed E-state index contributed by atoms with van der Waals surface area (Å²) in [5.74, 6) is 1.65. The Morgan fingerprint density at radius 2 is 0.904 bits per heavy atom.